The van der Waals surface area contributed by atoms with E-state index >= 15 is 0 Å². The molecule has 1 N–H and O–H groups in total. The first-order valence-electron chi connectivity index (χ1n) is 8.63. The van der Waals surface area contributed by atoms with Crippen molar-refractivity contribution in [2.45, 2.75) is 65.2 Å². The van der Waals surface area contributed by atoms with Gasteiger partial charge in [0.25, 0.3) is 0 Å². The molecule has 0 saturated carbocycles. The van der Waals surface area contributed by atoms with E-state index in [-0.39, 0.29) is 6.61 Å². The molecule has 1 aliphatic rings. The minimum Gasteiger partial charge on any atom is -0.362 e. The minimum absolute atomic E-state index is 0.0648. The Bertz CT molecular complexity index is 399. The summed E-state index contributed by atoms with van der Waals surface area (Å²) in [5, 5.41) is 0. The van der Waals surface area contributed by atoms with Gasteiger partial charge in [-0.25, -0.2) is 4.18 Å². The highest BCUT2D eigenvalue weighted by Crippen LogP contribution is 2.08. The van der Waals surface area contributed by atoms with Crippen LogP contribution in [0, 0.1) is 0 Å². The first-order valence-corrected chi connectivity index (χ1v) is 10.00. The summed E-state index contributed by atoms with van der Waals surface area (Å²) < 4.78 is 31.7. The summed E-state index contributed by atoms with van der Waals surface area (Å²) in [6.07, 6.45) is 14.2. The van der Waals surface area contributed by atoms with E-state index in [1.54, 1.807) is 0 Å². The first kappa shape index (κ1) is 22.2. The van der Waals surface area contributed by atoms with Crippen LogP contribution in [0.1, 0.15) is 65.2 Å². The van der Waals surface area contributed by atoms with E-state index in [0.29, 0.717) is 6.42 Å². The second kappa shape index (κ2) is 13.6. The van der Waals surface area contributed by atoms with Crippen molar-refractivity contribution >= 4 is 10.4 Å². The van der Waals surface area contributed by atoms with Gasteiger partial charge in [-0.15, -0.1) is 0 Å². The monoisotopic (exact) mass is 350 g/mol. The predicted octanol–water partition coefficient (Wildman–Crippen LogP) is 3.63. The lowest BCUT2D eigenvalue weighted by Gasteiger charge is -2.17. The van der Waals surface area contributed by atoms with Gasteiger partial charge >= 0.3 is 10.4 Å². The summed E-state index contributed by atoms with van der Waals surface area (Å²) in [6.45, 7) is 6.54. The van der Waals surface area contributed by atoms with Gasteiger partial charge < -0.3 is 9.80 Å². The maximum atomic E-state index is 9.84. The van der Waals surface area contributed by atoms with Crippen molar-refractivity contribution in [3.8, 4) is 0 Å². The van der Waals surface area contributed by atoms with Crippen molar-refractivity contribution in [3.63, 3.8) is 0 Å². The van der Waals surface area contributed by atoms with Crippen LogP contribution in [-0.4, -0.2) is 49.6 Å². The highest BCUT2D eigenvalue weighted by atomic mass is 32.3. The van der Waals surface area contributed by atoms with Gasteiger partial charge in [0.05, 0.1) is 13.3 Å². The maximum Gasteiger partial charge on any atom is 0.397 e. The number of hydrogen-bond donors (Lipinski definition) is 1. The van der Waals surface area contributed by atoms with Gasteiger partial charge in [0.2, 0.25) is 0 Å². The fraction of sp³-hybridized carbons (Fsp3) is 0.875. The molecule has 0 bridgehead atoms. The van der Waals surface area contributed by atoms with Crippen LogP contribution >= 0.6 is 0 Å². The predicted molar refractivity (Wildman–Crippen MR) is 94.3 cm³/mol. The molecule has 23 heavy (non-hydrogen) atoms. The quantitative estimate of drug-likeness (QED) is 0.453. The summed E-state index contributed by atoms with van der Waals surface area (Å²) >= 11 is 0. The van der Waals surface area contributed by atoms with Crippen LogP contribution in [0.4, 0.5) is 0 Å². The van der Waals surface area contributed by atoms with Gasteiger partial charge in [-0.05, 0) is 12.8 Å². The standard InChI is InChI=1S/C12H24N2.C4H10O4S/c1-3-4-5-6-7-8-9-14-11-10-13(2)12-14;1-2-3-4-8-9(5,6)7/h10-11H,3-9,12H2,1-2H3;2-4H2,1H3,(H,5,6,7). The molecule has 0 atom stereocenters. The molecule has 138 valence electrons. The van der Waals surface area contributed by atoms with E-state index in [4.69, 9.17) is 4.55 Å². The zero-order valence-corrected chi connectivity index (χ0v) is 15.7. The van der Waals surface area contributed by atoms with Crippen molar-refractivity contribution in [2.75, 3.05) is 26.9 Å². The van der Waals surface area contributed by atoms with E-state index in [1.807, 2.05) is 6.92 Å². The second-order valence-corrected chi connectivity index (χ2v) is 6.97. The summed E-state index contributed by atoms with van der Waals surface area (Å²) in [5.74, 6) is 0. The summed E-state index contributed by atoms with van der Waals surface area (Å²) in [6, 6.07) is 0. The molecule has 6 nitrogen and oxygen atoms in total. The van der Waals surface area contributed by atoms with Crippen molar-refractivity contribution < 1.29 is 17.2 Å². The number of unbranched alkanes of at least 4 members (excludes halogenated alkanes) is 6. The number of nitrogens with zero attached hydrogens (tertiary/aromatic N) is 2. The zero-order chi connectivity index (χ0) is 17.6. The van der Waals surface area contributed by atoms with Crippen LogP contribution in [0.5, 0.6) is 0 Å². The summed E-state index contributed by atoms with van der Waals surface area (Å²) in [4.78, 5) is 4.61. The van der Waals surface area contributed by atoms with E-state index in [9.17, 15) is 8.42 Å². The lowest BCUT2D eigenvalue weighted by molar-refractivity contribution is 0.264. The summed E-state index contributed by atoms with van der Waals surface area (Å²) in [7, 11) is -2.07. The molecule has 0 fully saturated rings. The van der Waals surface area contributed by atoms with Crippen molar-refractivity contribution in [2.24, 2.45) is 0 Å². The smallest absolute Gasteiger partial charge is 0.362 e. The largest absolute Gasteiger partial charge is 0.397 e. The Kier molecular flexibility index (Phi) is 13.2. The summed E-state index contributed by atoms with van der Waals surface area (Å²) in [5.41, 5.74) is 0. The Hall–Kier alpha value is -0.790. The van der Waals surface area contributed by atoms with Crippen LogP contribution < -0.4 is 0 Å². The molecule has 0 saturated heterocycles. The molecule has 0 aliphatic carbocycles. The Morgan fingerprint density at radius 3 is 2.13 bits per heavy atom. The van der Waals surface area contributed by atoms with Gasteiger partial charge in [0.1, 0.15) is 0 Å². The third-order valence-corrected chi connectivity index (χ3v) is 3.93. The Balaban J connectivity index is 0.000000468. The molecular weight excluding hydrogens is 316 g/mol. The molecule has 1 rings (SSSR count). The fourth-order valence-corrected chi connectivity index (χ4v) is 2.47. The third-order valence-electron chi connectivity index (χ3n) is 3.47. The third kappa shape index (κ3) is 15.9. The van der Waals surface area contributed by atoms with Crippen LogP contribution in [0.25, 0.3) is 0 Å². The Labute approximate surface area is 142 Å². The highest BCUT2D eigenvalue weighted by molar-refractivity contribution is 7.80. The molecule has 0 amide bonds. The average molecular weight is 351 g/mol. The molecule has 0 aromatic rings. The van der Waals surface area contributed by atoms with Crippen molar-refractivity contribution in [1.82, 2.24) is 9.80 Å². The molecule has 1 aliphatic heterocycles. The number of hydrogen-bond acceptors (Lipinski definition) is 5. The van der Waals surface area contributed by atoms with E-state index in [0.717, 1.165) is 13.1 Å². The van der Waals surface area contributed by atoms with Crippen LogP contribution in [-0.2, 0) is 14.6 Å². The normalized spacial score (nSPS) is 14.1. The Morgan fingerprint density at radius 1 is 1.00 bits per heavy atom. The number of rotatable bonds is 11. The molecule has 0 aromatic carbocycles. The zero-order valence-electron chi connectivity index (χ0n) is 14.9. The maximum absolute atomic E-state index is 9.84. The molecule has 0 spiro atoms. The van der Waals surface area contributed by atoms with Gasteiger partial charge in [0.15, 0.2) is 0 Å². The van der Waals surface area contributed by atoms with Gasteiger partial charge in [0, 0.05) is 26.0 Å². The molecule has 1 heterocycles. The van der Waals surface area contributed by atoms with Crippen LogP contribution in [0.15, 0.2) is 12.4 Å². The molecule has 0 aromatic heterocycles. The minimum atomic E-state index is -4.20. The van der Waals surface area contributed by atoms with Crippen LogP contribution in [0.2, 0.25) is 0 Å². The van der Waals surface area contributed by atoms with Crippen molar-refractivity contribution in [3.05, 3.63) is 12.4 Å². The van der Waals surface area contributed by atoms with Crippen LogP contribution in [0.3, 0.4) is 0 Å². The lowest BCUT2D eigenvalue weighted by atomic mass is 10.1. The first-order chi connectivity index (χ1) is 10.9. The van der Waals surface area contributed by atoms with Gasteiger partial charge in [-0.2, -0.15) is 8.42 Å². The van der Waals surface area contributed by atoms with Crippen molar-refractivity contribution in [1.29, 1.82) is 0 Å². The second-order valence-electron chi connectivity index (χ2n) is 5.88. The Morgan fingerprint density at radius 2 is 1.61 bits per heavy atom. The molecule has 0 radical (unpaired) electrons. The average Bonchev–Trinajstić information content (AvgIpc) is 2.88. The lowest BCUT2D eigenvalue weighted by Crippen LogP contribution is -2.23. The SMILES string of the molecule is CCCCCCCCN1C=CN(C)C1.CCCCOS(=O)(=O)O. The van der Waals surface area contributed by atoms with E-state index < -0.39 is 10.4 Å². The van der Waals surface area contributed by atoms with E-state index in [1.165, 1.54) is 45.1 Å². The van der Waals surface area contributed by atoms with Gasteiger partial charge in [-0.1, -0.05) is 52.4 Å². The topological polar surface area (TPSA) is 70.1 Å². The molecule has 7 heteroatoms. The molecular formula is C16H34N2O4S. The highest BCUT2D eigenvalue weighted by Gasteiger charge is 2.06. The fourth-order valence-electron chi connectivity index (χ4n) is 2.14. The van der Waals surface area contributed by atoms with E-state index in [2.05, 4.69) is 40.4 Å². The van der Waals surface area contributed by atoms with Gasteiger partial charge in [-0.3, -0.25) is 4.55 Å². The molecule has 0 unspecified atom stereocenters.